The van der Waals surface area contributed by atoms with Gasteiger partial charge in [-0.3, -0.25) is 4.79 Å². The summed E-state index contributed by atoms with van der Waals surface area (Å²) in [5.41, 5.74) is -0.712. The van der Waals surface area contributed by atoms with Crippen LogP contribution in [0.1, 0.15) is 33.8 Å². The summed E-state index contributed by atoms with van der Waals surface area (Å²) in [6, 6.07) is 9.48. The SMILES string of the molecule is C=CC(CC(=O)c1ccccc1C(F)(F)F)c1ccc(Cl)cc1Cl. The molecule has 1 nitrogen and oxygen atoms in total. The van der Waals surface area contributed by atoms with E-state index in [0.29, 0.717) is 15.6 Å². The maximum Gasteiger partial charge on any atom is 0.417 e. The summed E-state index contributed by atoms with van der Waals surface area (Å²) in [6.45, 7) is 3.65. The molecule has 2 aromatic rings. The molecule has 1 unspecified atom stereocenters. The Balaban J connectivity index is 2.33. The van der Waals surface area contributed by atoms with E-state index in [2.05, 4.69) is 6.58 Å². The Kier molecular flexibility index (Phi) is 5.73. The van der Waals surface area contributed by atoms with Crippen molar-refractivity contribution >= 4 is 29.0 Å². The van der Waals surface area contributed by atoms with Gasteiger partial charge in [-0.05, 0) is 23.8 Å². The normalized spacial score (nSPS) is 12.7. The van der Waals surface area contributed by atoms with Gasteiger partial charge < -0.3 is 0 Å². The van der Waals surface area contributed by atoms with Crippen LogP contribution in [0.4, 0.5) is 13.2 Å². The Morgan fingerprint density at radius 1 is 1.17 bits per heavy atom. The number of hydrogen-bond acceptors (Lipinski definition) is 1. The maximum atomic E-state index is 13.1. The van der Waals surface area contributed by atoms with Gasteiger partial charge in [-0.25, -0.2) is 0 Å². The predicted octanol–water partition coefficient (Wildman–Crippen LogP) is 6.55. The Morgan fingerprint density at radius 2 is 1.83 bits per heavy atom. The molecule has 0 saturated heterocycles. The molecule has 2 rings (SSSR count). The number of halogens is 5. The summed E-state index contributed by atoms with van der Waals surface area (Å²) in [5, 5.41) is 0.768. The fraction of sp³-hybridized carbons (Fsp3) is 0.167. The number of benzene rings is 2. The van der Waals surface area contributed by atoms with Crippen LogP contribution in [-0.2, 0) is 6.18 Å². The second kappa shape index (κ2) is 7.41. The first kappa shape index (κ1) is 18.6. The molecule has 0 bridgehead atoms. The molecule has 1 atom stereocenters. The molecular formula is C18H13Cl2F3O. The topological polar surface area (TPSA) is 17.1 Å². The summed E-state index contributed by atoms with van der Waals surface area (Å²) in [7, 11) is 0. The molecule has 2 aromatic carbocycles. The molecule has 0 fully saturated rings. The quantitative estimate of drug-likeness (QED) is 0.429. The molecule has 0 amide bonds. The van der Waals surface area contributed by atoms with Crippen molar-refractivity contribution in [3.63, 3.8) is 0 Å². The summed E-state index contributed by atoms with van der Waals surface area (Å²) < 4.78 is 39.2. The van der Waals surface area contributed by atoms with E-state index in [1.54, 1.807) is 12.1 Å². The maximum absolute atomic E-state index is 13.1. The average molecular weight is 373 g/mol. The molecule has 0 aliphatic carbocycles. The molecule has 0 heterocycles. The van der Waals surface area contributed by atoms with Crippen molar-refractivity contribution in [1.82, 2.24) is 0 Å². The monoisotopic (exact) mass is 372 g/mol. The minimum atomic E-state index is -4.59. The van der Waals surface area contributed by atoms with Crippen molar-refractivity contribution < 1.29 is 18.0 Å². The zero-order valence-corrected chi connectivity index (χ0v) is 13.9. The number of rotatable bonds is 5. The minimum Gasteiger partial charge on any atom is -0.294 e. The van der Waals surface area contributed by atoms with Crippen molar-refractivity contribution in [2.45, 2.75) is 18.5 Å². The van der Waals surface area contributed by atoms with Gasteiger partial charge in [0.2, 0.25) is 0 Å². The van der Waals surface area contributed by atoms with Crippen LogP contribution in [0.2, 0.25) is 10.0 Å². The van der Waals surface area contributed by atoms with Crippen LogP contribution in [0.5, 0.6) is 0 Å². The van der Waals surface area contributed by atoms with Crippen molar-refractivity contribution in [1.29, 1.82) is 0 Å². The highest BCUT2D eigenvalue weighted by molar-refractivity contribution is 6.35. The molecule has 24 heavy (non-hydrogen) atoms. The van der Waals surface area contributed by atoms with Crippen LogP contribution in [0.15, 0.2) is 55.1 Å². The second-order valence-corrected chi connectivity index (χ2v) is 6.02. The van der Waals surface area contributed by atoms with Gasteiger partial charge in [-0.2, -0.15) is 13.2 Å². The van der Waals surface area contributed by atoms with Crippen molar-refractivity contribution in [3.05, 3.63) is 81.9 Å². The lowest BCUT2D eigenvalue weighted by Gasteiger charge is -2.16. The average Bonchev–Trinajstić information content (AvgIpc) is 2.52. The van der Waals surface area contributed by atoms with E-state index in [0.717, 1.165) is 6.07 Å². The van der Waals surface area contributed by atoms with E-state index < -0.39 is 23.4 Å². The zero-order chi connectivity index (χ0) is 17.9. The molecule has 0 aliphatic heterocycles. The van der Waals surface area contributed by atoms with Crippen LogP contribution in [0.25, 0.3) is 0 Å². The molecule has 0 N–H and O–H groups in total. The van der Waals surface area contributed by atoms with Gasteiger partial charge in [0.25, 0.3) is 0 Å². The number of carbonyl (C=O) groups excluding carboxylic acids is 1. The Hall–Kier alpha value is -1.78. The third-order valence-electron chi connectivity index (χ3n) is 3.58. The van der Waals surface area contributed by atoms with Gasteiger partial charge in [0, 0.05) is 27.9 Å². The zero-order valence-electron chi connectivity index (χ0n) is 12.4. The standard InChI is InChI=1S/C18H13Cl2F3O/c1-2-11(13-8-7-12(19)10-16(13)20)9-17(24)14-5-3-4-6-15(14)18(21,22)23/h2-8,10-11H,1,9H2. The number of Topliss-reactive ketones (excluding diaryl/α,β-unsaturated/α-hetero) is 1. The molecule has 0 radical (unpaired) electrons. The predicted molar refractivity (Wildman–Crippen MR) is 89.8 cm³/mol. The van der Waals surface area contributed by atoms with Gasteiger partial charge in [-0.15, -0.1) is 6.58 Å². The highest BCUT2D eigenvalue weighted by atomic mass is 35.5. The molecule has 126 valence electrons. The Bertz CT molecular complexity index is 769. The third kappa shape index (κ3) is 4.19. The Labute approximate surface area is 147 Å². The van der Waals surface area contributed by atoms with E-state index in [1.807, 2.05) is 0 Å². The third-order valence-corrected chi connectivity index (χ3v) is 4.15. The first-order valence-electron chi connectivity index (χ1n) is 7.01. The number of ketones is 1. The van der Waals surface area contributed by atoms with Crippen molar-refractivity contribution in [3.8, 4) is 0 Å². The number of allylic oxidation sites excluding steroid dienone is 1. The summed E-state index contributed by atoms with van der Waals surface area (Å²) in [6.07, 6.45) is -3.27. The Morgan fingerprint density at radius 3 is 2.42 bits per heavy atom. The highest BCUT2D eigenvalue weighted by Crippen LogP contribution is 2.35. The van der Waals surface area contributed by atoms with E-state index >= 15 is 0 Å². The van der Waals surface area contributed by atoms with Gasteiger partial charge in [0.1, 0.15) is 0 Å². The van der Waals surface area contributed by atoms with E-state index in [1.165, 1.54) is 30.3 Å². The van der Waals surface area contributed by atoms with Gasteiger partial charge in [0.05, 0.1) is 5.56 Å². The lowest BCUT2D eigenvalue weighted by molar-refractivity contribution is -0.137. The molecule has 0 aromatic heterocycles. The first-order valence-corrected chi connectivity index (χ1v) is 7.76. The van der Waals surface area contributed by atoms with Crippen LogP contribution in [-0.4, -0.2) is 5.78 Å². The highest BCUT2D eigenvalue weighted by Gasteiger charge is 2.35. The second-order valence-electron chi connectivity index (χ2n) is 5.18. The van der Waals surface area contributed by atoms with Crippen molar-refractivity contribution in [2.75, 3.05) is 0 Å². The van der Waals surface area contributed by atoms with Crippen molar-refractivity contribution in [2.24, 2.45) is 0 Å². The van der Waals surface area contributed by atoms with Crippen LogP contribution in [0.3, 0.4) is 0 Å². The van der Waals surface area contributed by atoms with Crippen LogP contribution >= 0.6 is 23.2 Å². The van der Waals surface area contributed by atoms with Gasteiger partial charge >= 0.3 is 6.18 Å². The lowest BCUT2D eigenvalue weighted by atomic mass is 9.90. The summed E-state index contributed by atoms with van der Waals surface area (Å²) in [5.74, 6) is -1.14. The molecular weight excluding hydrogens is 360 g/mol. The van der Waals surface area contributed by atoms with E-state index in [-0.39, 0.29) is 12.0 Å². The minimum absolute atomic E-state index is 0.169. The van der Waals surface area contributed by atoms with E-state index in [9.17, 15) is 18.0 Å². The smallest absolute Gasteiger partial charge is 0.294 e. The summed E-state index contributed by atoms with van der Waals surface area (Å²) >= 11 is 11.9. The van der Waals surface area contributed by atoms with Gasteiger partial charge in [0.15, 0.2) is 5.78 Å². The fourth-order valence-electron chi connectivity index (χ4n) is 2.41. The molecule has 0 spiro atoms. The fourth-order valence-corrected chi connectivity index (χ4v) is 2.95. The van der Waals surface area contributed by atoms with E-state index in [4.69, 9.17) is 23.2 Å². The number of alkyl halides is 3. The first-order chi connectivity index (χ1) is 11.2. The van der Waals surface area contributed by atoms with Gasteiger partial charge in [-0.1, -0.05) is 53.5 Å². The number of hydrogen-bond donors (Lipinski definition) is 0. The number of carbonyl (C=O) groups is 1. The van der Waals surface area contributed by atoms with Crippen LogP contribution in [0, 0.1) is 0 Å². The largest absolute Gasteiger partial charge is 0.417 e. The van der Waals surface area contributed by atoms with Crippen LogP contribution < -0.4 is 0 Å². The summed E-state index contributed by atoms with van der Waals surface area (Å²) in [4.78, 5) is 12.4. The molecule has 0 saturated carbocycles. The molecule has 6 heteroatoms. The molecule has 0 aliphatic rings. The lowest BCUT2D eigenvalue weighted by Crippen LogP contribution is -2.14.